The molecule has 2 rings (SSSR count). The molecule has 2 N–H and O–H groups in total. The quantitative estimate of drug-likeness (QED) is 0.737. The molecule has 1 aliphatic carbocycles. The number of amides is 2. The Morgan fingerprint density at radius 1 is 1.32 bits per heavy atom. The fourth-order valence-electron chi connectivity index (χ4n) is 2.96. The maximum Gasteiger partial charge on any atom is 0.237 e. The molecule has 1 heterocycles. The Bertz CT molecular complexity index is 342. The van der Waals surface area contributed by atoms with Crippen LogP contribution >= 0.6 is 0 Å². The Kier molecular flexibility index (Phi) is 4.80. The van der Waals surface area contributed by atoms with Crippen molar-refractivity contribution in [3.8, 4) is 0 Å². The molecule has 2 aliphatic rings. The first-order chi connectivity index (χ1) is 9.19. The number of nitrogens with zero attached hydrogens (tertiary/aromatic N) is 1. The fraction of sp³-hybridized carbons (Fsp3) is 0.857. The lowest BCUT2D eigenvalue weighted by Crippen LogP contribution is -2.53. The van der Waals surface area contributed by atoms with Crippen LogP contribution in [0.1, 0.15) is 39.0 Å². The van der Waals surface area contributed by atoms with Crippen molar-refractivity contribution in [3.05, 3.63) is 0 Å². The second kappa shape index (κ2) is 6.37. The van der Waals surface area contributed by atoms with Crippen molar-refractivity contribution in [3.63, 3.8) is 0 Å². The van der Waals surface area contributed by atoms with Crippen LogP contribution in [0.2, 0.25) is 0 Å². The first-order valence-electron chi connectivity index (χ1n) is 7.44. The van der Waals surface area contributed by atoms with E-state index in [2.05, 4.69) is 15.5 Å². The van der Waals surface area contributed by atoms with Crippen LogP contribution in [0.3, 0.4) is 0 Å². The maximum absolute atomic E-state index is 12.2. The Labute approximate surface area is 115 Å². The van der Waals surface area contributed by atoms with E-state index in [1.54, 1.807) is 7.05 Å². The highest BCUT2D eigenvalue weighted by molar-refractivity contribution is 5.86. The normalized spacial score (nSPS) is 25.1. The summed E-state index contributed by atoms with van der Waals surface area (Å²) in [4.78, 5) is 26.4. The smallest absolute Gasteiger partial charge is 0.237 e. The molecule has 1 saturated carbocycles. The standard InChI is InChI=1S/C14H25N3O2/c1-3-8-16-13(18)11-5-4-9-17(11)12(10-6-7-10)14(19)15-2/h10-12H,3-9H2,1-2H3,(H,15,19)(H,16,18). The molecule has 5 heteroatoms. The molecule has 0 aromatic heterocycles. The largest absolute Gasteiger partial charge is 0.358 e. The van der Waals surface area contributed by atoms with E-state index in [0.717, 1.165) is 45.2 Å². The second-order valence-corrected chi connectivity index (χ2v) is 5.58. The van der Waals surface area contributed by atoms with Gasteiger partial charge >= 0.3 is 0 Å². The molecule has 2 atom stereocenters. The molecule has 1 saturated heterocycles. The lowest BCUT2D eigenvalue weighted by Gasteiger charge is -2.31. The van der Waals surface area contributed by atoms with Crippen LogP contribution in [0, 0.1) is 5.92 Å². The van der Waals surface area contributed by atoms with Crippen LogP contribution < -0.4 is 10.6 Å². The maximum atomic E-state index is 12.2. The average Bonchev–Trinajstić information content (AvgIpc) is 3.13. The third-order valence-electron chi connectivity index (χ3n) is 4.09. The highest BCUT2D eigenvalue weighted by Gasteiger charge is 2.45. The van der Waals surface area contributed by atoms with E-state index >= 15 is 0 Å². The van der Waals surface area contributed by atoms with Crippen molar-refractivity contribution >= 4 is 11.8 Å². The minimum atomic E-state index is -0.116. The molecule has 2 unspecified atom stereocenters. The predicted octanol–water partition coefficient (Wildman–Crippen LogP) is 0.502. The van der Waals surface area contributed by atoms with Crippen molar-refractivity contribution in [1.82, 2.24) is 15.5 Å². The molecule has 19 heavy (non-hydrogen) atoms. The number of likely N-dealkylation sites (tertiary alicyclic amines) is 1. The monoisotopic (exact) mass is 267 g/mol. The van der Waals surface area contributed by atoms with Gasteiger partial charge in [0.1, 0.15) is 0 Å². The predicted molar refractivity (Wildman–Crippen MR) is 73.6 cm³/mol. The summed E-state index contributed by atoms with van der Waals surface area (Å²) in [5.41, 5.74) is 0. The summed E-state index contributed by atoms with van der Waals surface area (Å²) in [7, 11) is 1.68. The lowest BCUT2D eigenvalue weighted by atomic mass is 10.1. The van der Waals surface area contributed by atoms with E-state index < -0.39 is 0 Å². The number of hydrogen-bond donors (Lipinski definition) is 2. The van der Waals surface area contributed by atoms with Gasteiger partial charge in [0.05, 0.1) is 12.1 Å². The third-order valence-corrected chi connectivity index (χ3v) is 4.09. The first kappa shape index (κ1) is 14.3. The third kappa shape index (κ3) is 3.26. The highest BCUT2D eigenvalue weighted by Crippen LogP contribution is 2.38. The number of likely N-dealkylation sites (N-methyl/N-ethyl adjacent to an activating group) is 1. The van der Waals surface area contributed by atoms with E-state index in [0.29, 0.717) is 5.92 Å². The Balaban J connectivity index is 2.03. The summed E-state index contributed by atoms with van der Waals surface area (Å²) in [5, 5.41) is 5.72. The van der Waals surface area contributed by atoms with Crippen LogP contribution in [-0.4, -0.2) is 48.9 Å². The number of rotatable bonds is 6. The summed E-state index contributed by atoms with van der Waals surface area (Å²) >= 11 is 0. The van der Waals surface area contributed by atoms with Crippen molar-refractivity contribution < 1.29 is 9.59 Å². The summed E-state index contributed by atoms with van der Waals surface area (Å²) in [6.07, 6.45) is 5.04. The van der Waals surface area contributed by atoms with Gasteiger partial charge in [-0.1, -0.05) is 6.92 Å². The van der Waals surface area contributed by atoms with Gasteiger partial charge in [0, 0.05) is 13.6 Å². The summed E-state index contributed by atoms with van der Waals surface area (Å²) < 4.78 is 0. The molecular weight excluding hydrogens is 242 g/mol. The zero-order chi connectivity index (χ0) is 13.8. The number of hydrogen-bond acceptors (Lipinski definition) is 3. The molecule has 1 aliphatic heterocycles. The van der Waals surface area contributed by atoms with Crippen molar-refractivity contribution in [2.24, 2.45) is 5.92 Å². The number of nitrogens with one attached hydrogen (secondary N) is 2. The minimum absolute atomic E-state index is 0.0673. The SMILES string of the molecule is CCCNC(=O)C1CCCN1C(C(=O)NC)C1CC1. The van der Waals surface area contributed by atoms with Gasteiger partial charge in [-0.25, -0.2) is 0 Å². The Morgan fingerprint density at radius 3 is 2.63 bits per heavy atom. The van der Waals surface area contributed by atoms with Gasteiger partial charge in [-0.2, -0.15) is 0 Å². The molecule has 0 spiro atoms. The van der Waals surface area contributed by atoms with Crippen LogP contribution in [0.25, 0.3) is 0 Å². The van der Waals surface area contributed by atoms with Gasteiger partial charge in [-0.05, 0) is 44.6 Å². The second-order valence-electron chi connectivity index (χ2n) is 5.58. The van der Waals surface area contributed by atoms with Gasteiger partial charge in [0.25, 0.3) is 0 Å². The van der Waals surface area contributed by atoms with E-state index in [-0.39, 0.29) is 23.9 Å². The summed E-state index contributed by atoms with van der Waals surface area (Å²) in [6.45, 7) is 3.63. The van der Waals surface area contributed by atoms with E-state index in [9.17, 15) is 9.59 Å². The van der Waals surface area contributed by atoms with Gasteiger partial charge in [0.15, 0.2) is 0 Å². The molecule has 0 radical (unpaired) electrons. The summed E-state index contributed by atoms with van der Waals surface area (Å²) in [6, 6.07) is -0.223. The zero-order valence-electron chi connectivity index (χ0n) is 11.9. The van der Waals surface area contributed by atoms with E-state index in [1.165, 1.54) is 0 Å². The molecular formula is C14H25N3O2. The molecule has 5 nitrogen and oxygen atoms in total. The first-order valence-corrected chi connectivity index (χ1v) is 7.44. The highest BCUT2D eigenvalue weighted by atomic mass is 16.2. The Hall–Kier alpha value is -1.10. The molecule has 108 valence electrons. The lowest BCUT2D eigenvalue weighted by molar-refractivity contribution is -0.131. The van der Waals surface area contributed by atoms with Gasteiger partial charge in [-0.15, -0.1) is 0 Å². The van der Waals surface area contributed by atoms with Crippen LogP contribution in [-0.2, 0) is 9.59 Å². The number of carbonyl (C=O) groups is 2. The molecule has 0 aromatic rings. The van der Waals surface area contributed by atoms with Gasteiger partial charge in [0.2, 0.25) is 11.8 Å². The fourth-order valence-corrected chi connectivity index (χ4v) is 2.96. The van der Waals surface area contributed by atoms with Crippen LogP contribution in [0.4, 0.5) is 0 Å². The topological polar surface area (TPSA) is 61.4 Å². The van der Waals surface area contributed by atoms with Crippen LogP contribution in [0.15, 0.2) is 0 Å². The number of carbonyl (C=O) groups excluding carboxylic acids is 2. The molecule has 2 amide bonds. The van der Waals surface area contributed by atoms with Crippen LogP contribution in [0.5, 0.6) is 0 Å². The van der Waals surface area contributed by atoms with Gasteiger partial charge < -0.3 is 10.6 Å². The van der Waals surface area contributed by atoms with Crippen molar-refractivity contribution in [2.75, 3.05) is 20.1 Å². The van der Waals surface area contributed by atoms with Gasteiger partial charge in [-0.3, -0.25) is 14.5 Å². The van der Waals surface area contributed by atoms with Crippen molar-refractivity contribution in [2.45, 2.75) is 51.1 Å². The van der Waals surface area contributed by atoms with Crippen molar-refractivity contribution in [1.29, 1.82) is 0 Å². The van der Waals surface area contributed by atoms with E-state index in [4.69, 9.17) is 0 Å². The average molecular weight is 267 g/mol. The summed E-state index contributed by atoms with van der Waals surface area (Å²) in [5.74, 6) is 0.603. The zero-order valence-corrected chi connectivity index (χ0v) is 11.9. The Morgan fingerprint density at radius 2 is 2.05 bits per heavy atom. The van der Waals surface area contributed by atoms with E-state index in [1.807, 2.05) is 6.92 Å². The molecule has 0 bridgehead atoms. The minimum Gasteiger partial charge on any atom is -0.358 e. The molecule has 0 aromatic carbocycles. The molecule has 2 fully saturated rings.